The minimum Gasteiger partial charge on any atom is -0.341 e. The van der Waals surface area contributed by atoms with Crippen molar-refractivity contribution in [2.75, 3.05) is 18.9 Å². The maximum atomic E-state index is 14.3. The molecule has 3 aromatic rings. The van der Waals surface area contributed by atoms with Gasteiger partial charge in [-0.2, -0.15) is 0 Å². The van der Waals surface area contributed by atoms with Crippen LogP contribution < -0.4 is 10.6 Å². The first-order valence-corrected chi connectivity index (χ1v) is 15.2. The summed E-state index contributed by atoms with van der Waals surface area (Å²) in [7, 11) is 1.56. The van der Waals surface area contributed by atoms with Gasteiger partial charge in [0.25, 0.3) is 11.8 Å². The normalized spacial score (nSPS) is 20.1. The van der Waals surface area contributed by atoms with Gasteiger partial charge in [0, 0.05) is 24.8 Å². The van der Waals surface area contributed by atoms with Crippen molar-refractivity contribution in [2.45, 2.75) is 64.2 Å². The quantitative estimate of drug-likeness (QED) is 0.366. The fourth-order valence-corrected chi connectivity index (χ4v) is 6.39. The third kappa shape index (κ3) is 6.18. The summed E-state index contributed by atoms with van der Waals surface area (Å²) in [5, 5.41) is 5.72. The molecular formula is C36H39N5O4. The van der Waals surface area contributed by atoms with Crippen LogP contribution in [0, 0.1) is 12.0 Å². The highest BCUT2D eigenvalue weighted by atomic mass is 16.2. The molecule has 0 unspecified atom stereocenters. The van der Waals surface area contributed by atoms with Crippen molar-refractivity contribution in [3.63, 3.8) is 0 Å². The number of rotatable bonds is 7. The number of benzene rings is 3. The average Bonchev–Trinajstić information content (AvgIpc) is 3.56. The van der Waals surface area contributed by atoms with Crippen LogP contribution in [0.3, 0.4) is 0 Å². The van der Waals surface area contributed by atoms with Gasteiger partial charge < -0.3 is 15.5 Å². The molecule has 0 aromatic heterocycles. The van der Waals surface area contributed by atoms with Crippen LogP contribution in [-0.4, -0.2) is 65.3 Å². The Morgan fingerprint density at radius 1 is 1.04 bits per heavy atom. The Kier molecular flexibility index (Phi) is 8.53. The maximum Gasteiger partial charge on any atom is 0.302 e. The smallest absolute Gasteiger partial charge is 0.302 e. The van der Waals surface area contributed by atoms with E-state index in [0.29, 0.717) is 17.7 Å². The lowest BCUT2D eigenvalue weighted by Crippen LogP contribution is -2.56. The summed E-state index contributed by atoms with van der Waals surface area (Å²) in [6, 6.07) is 22.4. The number of hydrogen-bond donors (Lipinski definition) is 2. The number of amides is 4. The predicted molar refractivity (Wildman–Crippen MR) is 173 cm³/mol. The summed E-state index contributed by atoms with van der Waals surface area (Å²) in [6.45, 7) is 15.5. The Hall–Kier alpha value is -4.97. The zero-order chi connectivity index (χ0) is 32.5. The first-order chi connectivity index (χ1) is 21.3. The first kappa shape index (κ1) is 31.5. The summed E-state index contributed by atoms with van der Waals surface area (Å²) in [5.74, 6) is -1.44. The van der Waals surface area contributed by atoms with Crippen LogP contribution in [0.2, 0.25) is 0 Å². The highest BCUT2D eigenvalue weighted by Gasteiger charge is 2.59. The highest BCUT2D eigenvalue weighted by molar-refractivity contribution is 6.07. The molecule has 4 amide bonds. The minimum atomic E-state index is -1.02. The molecule has 3 aromatic carbocycles. The van der Waals surface area contributed by atoms with Gasteiger partial charge in [0.2, 0.25) is 11.8 Å². The lowest BCUT2D eigenvalue weighted by molar-refractivity contribution is -0.146. The van der Waals surface area contributed by atoms with Crippen LogP contribution in [0.15, 0.2) is 78.9 Å². The molecule has 45 heavy (non-hydrogen) atoms. The van der Waals surface area contributed by atoms with Gasteiger partial charge >= 0.3 is 6.17 Å². The largest absolute Gasteiger partial charge is 0.341 e. The fraction of sp³-hybridized carbons (Fsp3) is 0.361. The molecule has 9 heteroatoms. The zero-order valence-electron chi connectivity index (χ0n) is 26.3. The van der Waals surface area contributed by atoms with Crippen LogP contribution in [0.25, 0.3) is 16.0 Å². The molecule has 0 aliphatic carbocycles. The van der Waals surface area contributed by atoms with Crippen molar-refractivity contribution in [1.82, 2.24) is 15.1 Å². The number of anilines is 1. The maximum absolute atomic E-state index is 14.3. The predicted octanol–water partition coefficient (Wildman–Crippen LogP) is 5.10. The number of carbonyl (C=O) groups is 4. The van der Waals surface area contributed by atoms with E-state index < -0.39 is 35.5 Å². The van der Waals surface area contributed by atoms with Crippen LogP contribution >= 0.6 is 0 Å². The second kappa shape index (κ2) is 12.2. The van der Waals surface area contributed by atoms with E-state index in [-0.39, 0.29) is 30.2 Å². The van der Waals surface area contributed by atoms with E-state index in [1.807, 2.05) is 81.4 Å². The van der Waals surface area contributed by atoms with Crippen molar-refractivity contribution < 1.29 is 19.2 Å². The standard InChI is InChI=1S/C36H39N5O4/c1-23(38-31(42)26-16-12-15-25(19-26)24-13-8-7-9-14-24)32(43)40(6)29(20-35(2,3)4)33(44)41-22-36(21-30(41)37-5)27-17-10-11-18-28(27)39-34(36)45/h7-19,23,29-30H,20-22H2,1-4,6H3,(H,38,42)(H,39,45)/t23-,29-,30-,36-/m0/s1. The van der Waals surface area contributed by atoms with Crippen LogP contribution in [0.1, 0.15) is 56.5 Å². The Morgan fingerprint density at radius 3 is 2.40 bits per heavy atom. The van der Waals surface area contributed by atoms with Gasteiger partial charge in [-0.15, -0.1) is 0 Å². The minimum absolute atomic E-state index is 0.0500. The van der Waals surface area contributed by atoms with Crippen molar-refractivity contribution >= 4 is 29.3 Å². The number of likely N-dealkylation sites (tertiary alicyclic amines) is 1. The number of nitrogens with one attached hydrogen (secondary N) is 2. The van der Waals surface area contributed by atoms with Gasteiger partial charge in [-0.3, -0.25) is 28.9 Å². The number of nitrogens with zero attached hydrogens (tertiary/aromatic N) is 3. The lowest BCUT2D eigenvalue weighted by atomic mass is 9.80. The Balaban J connectivity index is 1.35. The van der Waals surface area contributed by atoms with Gasteiger partial charge in [-0.25, -0.2) is 6.57 Å². The number of fused-ring (bicyclic) bond motifs is 2. The van der Waals surface area contributed by atoms with E-state index in [4.69, 9.17) is 6.57 Å². The number of hydrogen-bond acceptors (Lipinski definition) is 4. The third-order valence-electron chi connectivity index (χ3n) is 8.74. The average molecular weight is 606 g/mol. The molecule has 1 fully saturated rings. The molecule has 4 atom stereocenters. The second-order valence-electron chi connectivity index (χ2n) is 13.2. The van der Waals surface area contributed by atoms with Crippen molar-refractivity contribution in [3.05, 3.63) is 101 Å². The highest BCUT2D eigenvalue weighted by Crippen LogP contribution is 2.47. The Bertz CT molecular complexity index is 1670. The molecule has 0 radical (unpaired) electrons. The van der Waals surface area contributed by atoms with E-state index in [9.17, 15) is 19.2 Å². The number of likely N-dealkylation sites (N-methyl/N-ethyl adjacent to an activating group) is 1. The van der Waals surface area contributed by atoms with E-state index in [1.165, 1.54) is 9.80 Å². The van der Waals surface area contributed by atoms with Gasteiger partial charge in [-0.05, 0) is 53.6 Å². The number of para-hydroxylation sites is 1. The molecule has 2 aliphatic rings. The molecule has 1 saturated heterocycles. The Labute approximate surface area is 264 Å². The van der Waals surface area contributed by atoms with E-state index in [1.54, 1.807) is 32.2 Å². The molecule has 2 aliphatic heterocycles. The van der Waals surface area contributed by atoms with Crippen LogP contribution in [0.5, 0.6) is 0 Å². The zero-order valence-corrected chi connectivity index (χ0v) is 26.3. The van der Waals surface area contributed by atoms with Gasteiger partial charge in [-0.1, -0.05) is 81.4 Å². The molecule has 9 nitrogen and oxygen atoms in total. The molecular weight excluding hydrogens is 566 g/mol. The monoisotopic (exact) mass is 605 g/mol. The molecule has 2 heterocycles. The van der Waals surface area contributed by atoms with Gasteiger partial charge in [0.15, 0.2) is 0 Å². The van der Waals surface area contributed by atoms with Gasteiger partial charge in [0.05, 0.1) is 6.42 Å². The first-order valence-electron chi connectivity index (χ1n) is 15.2. The van der Waals surface area contributed by atoms with E-state index >= 15 is 0 Å². The topological polar surface area (TPSA) is 103 Å². The third-order valence-corrected chi connectivity index (χ3v) is 8.74. The molecule has 1 spiro atoms. The molecule has 232 valence electrons. The van der Waals surface area contributed by atoms with Crippen molar-refractivity contribution in [3.8, 4) is 11.1 Å². The second-order valence-corrected chi connectivity index (χ2v) is 13.2. The lowest BCUT2D eigenvalue weighted by Gasteiger charge is -2.36. The van der Waals surface area contributed by atoms with E-state index in [0.717, 1.165) is 16.7 Å². The van der Waals surface area contributed by atoms with Crippen LogP contribution in [-0.2, 0) is 19.8 Å². The summed E-state index contributed by atoms with van der Waals surface area (Å²) in [4.78, 5) is 61.2. The molecule has 5 rings (SSSR count). The summed E-state index contributed by atoms with van der Waals surface area (Å²) in [6.07, 6.45) is -0.348. The van der Waals surface area contributed by atoms with Crippen molar-refractivity contribution in [1.29, 1.82) is 0 Å². The van der Waals surface area contributed by atoms with Gasteiger partial charge in [0.1, 0.15) is 17.5 Å². The van der Waals surface area contributed by atoms with E-state index in [2.05, 4.69) is 15.5 Å². The summed E-state index contributed by atoms with van der Waals surface area (Å²) < 4.78 is 0. The molecule has 0 bridgehead atoms. The fourth-order valence-electron chi connectivity index (χ4n) is 6.39. The number of carbonyl (C=O) groups excluding carboxylic acids is 4. The van der Waals surface area contributed by atoms with Crippen LogP contribution in [0.4, 0.5) is 5.69 Å². The Morgan fingerprint density at radius 2 is 1.71 bits per heavy atom. The molecule has 2 N–H and O–H groups in total. The summed E-state index contributed by atoms with van der Waals surface area (Å²) >= 11 is 0. The SMILES string of the molecule is [C-]#[N+][C@@H]1C[C@@]2(CN1C(=O)[C@H](CC(C)(C)C)N(C)C(=O)[C@H](C)NC(=O)c1cccc(-c3ccccc3)c1)C(=O)Nc1ccccc12. The summed E-state index contributed by atoms with van der Waals surface area (Å²) in [5.41, 5.74) is 2.37. The van der Waals surface area contributed by atoms with Crippen molar-refractivity contribution in [2.24, 2.45) is 5.41 Å². The molecule has 0 saturated carbocycles.